The summed E-state index contributed by atoms with van der Waals surface area (Å²) in [6, 6.07) is 15.1. The van der Waals surface area contributed by atoms with Gasteiger partial charge in [0, 0.05) is 38.4 Å². The Kier molecular flexibility index (Phi) is 6.18. The van der Waals surface area contributed by atoms with Crippen molar-refractivity contribution in [1.82, 2.24) is 4.90 Å². The fraction of sp³-hybridized carbons (Fsp3) is 0.478. The molecule has 0 saturated carbocycles. The lowest BCUT2D eigenvalue weighted by molar-refractivity contribution is 0.139. The second kappa shape index (κ2) is 8.41. The van der Waals surface area contributed by atoms with Crippen LogP contribution >= 0.6 is 0 Å². The maximum atomic E-state index is 13.1. The van der Waals surface area contributed by atoms with Gasteiger partial charge in [-0.1, -0.05) is 45.0 Å². The fourth-order valence-corrected chi connectivity index (χ4v) is 3.56. The van der Waals surface area contributed by atoms with Crippen LogP contribution in [-0.4, -0.2) is 42.7 Å². The summed E-state index contributed by atoms with van der Waals surface area (Å²) in [7, 11) is 0. The van der Waals surface area contributed by atoms with Crippen LogP contribution in [0.3, 0.4) is 0 Å². The van der Waals surface area contributed by atoms with E-state index in [1.54, 1.807) is 0 Å². The van der Waals surface area contributed by atoms with E-state index in [1.807, 2.05) is 12.1 Å². The van der Waals surface area contributed by atoms with Crippen molar-refractivity contribution in [3.8, 4) is 0 Å². The van der Waals surface area contributed by atoms with E-state index in [0.717, 1.165) is 50.4 Å². The van der Waals surface area contributed by atoms with Gasteiger partial charge in [0.25, 0.3) is 0 Å². The maximum absolute atomic E-state index is 13.1. The molecule has 1 unspecified atom stereocenters. The van der Waals surface area contributed by atoms with Gasteiger partial charge in [-0.15, -0.1) is 0 Å². The highest BCUT2D eigenvalue weighted by Crippen LogP contribution is 2.25. The number of anilines is 1. The summed E-state index contributed by atoms with van der Waals surface area (Å²) in [5.74, 6) is -0.193. The molecule has 146 valence electrons. The Morgan fingerprint density at radius 1 is 0.926 bits per heavy atom. The first-order valence-electron chi connectivity index (χ1n) is 9.84. The van der Waals surface area contributed by atoms with Crippen LogP contribution in [0.4, 0.5) is 10.1 Å². The van der Waals surface area contributed by atoms with Crippen LogP contribution < -0.4 is 4.90 Å². The lowest BCUT2D eigenvalue weighted by Gasteiger charge is -2.36. The minimum Gasteiger partial charge on any atom is -0.388 e. The van der Waals surface area contributed by atoms with Crippen molar-refractivity contribution in [1.29, 1.82) is 0 Å². The standard InChI is InChI=1S/C23H31FN2O/c1-23(2,3)19-6-4-18(5-7-19)22(27)12-13-25-14-16-26(17-15-25)21-10-8-20(24)9-11-21/h4-11,22,27H,12-17H2,1-3H3. The predicted molar refractivity (Wildman–Crippen MR) is 110 cm³/mol. The van der Waals surface area contributed by atoms with Crippen molar-refractivity contribution < 1.29 is 9.50 Å². The molecule has 1 atom stereocenters. The van der Waals surface area contributed by atoms with Gasteiger partial charge in [0.2, 0.25) is 0 Å². The zero-order valence-electron chi connectivity index (χ0n) is 16.7. The Morgan fingerprint density at radius 3 is 2.07 bits per heavy atom. The van der Waals surface area contributed by atoms with Crippen molar-refractivity contribution in [2.75, 3.05) is 37.6 Å². The summed E-state index contributed by atoms with van der Waals surface area (Å²) in [6.07, 6.45) is 0.319. The minimum atomic E-state index is -0.422. The molecule has 0 aromatic heterocycles. The molecule has 2 aromatic rings. The number of hydrogen-bond acceptors (Lipinski definition) is 3. The summed E-state index contributed by atoms with van der Waals surface area (Å²) in [4.78, 5) is 4.68. The van der Waals surface area contributed by atoms with E-state index in [4.69, 9.17) is 0 Å². The Labute approximate surface area is 162 Å². The van der Waals surface area contributed by atoms with E-state index in [0.29, 0.717) is 0 Å². The molecule has 0 spiro atoms. The van der Waals surface area contributed by atoms with Crippen molar-refractivity contribution >= 4 is 5.69 Å². The molecule has 1 N–H and O–H groups in total. The predicted octanol–water partition coefficient (Wildman–Crippen LogP) is 4.37. The smallest absolute Gasteiger partial charge is 0.123 e. The quantitative estimate of drug-likeness (QED) is 0.847. The molecule has 1 heterocycles. The van der Waals surface area contributed by atoms with Crippen LogP contribution in [0.2, 0.25) is 0 Å². The molecular weight excluding hydrogens is 339 g/mol. The van der Waals surface area contributed by atoms with E-state index in [2.05, 4.69) is 54.8 Å². The van der Waals surface area contributed by atoms with E-state index in [9.17, 15) is 9.50 Å². The third kappa shape index (κ3) is 5.30. The van der Waals surface area contributed by atoms with Gasteiger partial charge in [0.1, 0.15) is 5.82 Å². The monoisotopic (exact) mass is 370 g/mol. The van der Waals surface area contributed by atoms with E-state index in [1.165, 1.54) is 17.7 Å². The first-order chi connectivity index (χ1) is 12.8. The van der Waals surface area contributed by atoms with Gasteiger partial charge in [-0.05, 0) is 47.2 Å². The Balaban J connectivity index is 1.46. The summed E-state index contributed by atoms with van der Waals surface area (Å²) in [5.41, 5.74) is 3.49. The molecule has 1 fully saturated rings. The molecule has 0 aliphatic carbocycles. The Morgan fingerprint density at radius 2 is 1.52 bits per heavy atom. The van der Waals surface area contributed by atoms with Gasteiger partial charge in [0.15, 0.2) is 0 Å². The number of hydrogen-bond donors (Lipinski definition) is 1. The third-order valence-corrected chi connectivity index (χ3v) is 5.44. The molecule has 0 amide bonds. The second-order valence-corrected chi connectivity index (χ2v) is 8.48. The SMILES string of the molecule is CC(C)(C)c1ccc(C(O)CCN2CCN(c3ccc(F)cc3)CC2)cc1. The van der Waals surface area contributed by atoms with Crippen molar-refractivity contribution in [2.24, 2.45) is 0 Å². The zero-order chi connectivity index (χ0) is 19.4. The molecule has 3 rings (SSSR count). The molecule has 3 nitrogen and oxygen atoms in total. The largest absolute Gasteiger partial charge is 0.388 e. The Bertz CT molecular complexity index is 714. The third-order valence-electron chi connectivity index (χ3n) is 5.44. The summed E-state index contributed by atoms with van der Waals surface area (Å²) in [6.45, 7) is 11.3. The van der Waals surface area contributed by atoms with E-state index >= 15 is 0 Å². The molecule has 2 aromatic carbocycles. The number of nitrogens with zero attached hydrogens (tertiary/aromatic N) is 2. The molecule has 1 saturated heterocycles. The number of rotatable bonds is 5. The van der Waals surface area contributed by atoms with Crippen molar-refractivity contribution in [2.45, 2.75) is 38.7 Å². The van der Waals surface area contributed by atoms with Crippen LogP contribution in [0.5, 0.6) is 0 Å². The first kappa shape index (κ1) is 19.8. The van der Waals surface area contributed by atoms with Crippen LogP contribution in [0.1, 0.15) is 44.4 Å². The number of aliphatic hydroxyl groups is 1. The van der Waals surface area contributed by atoms with Gasteiger partial charge < -0.3 is 10.0 Å². The second-order valence-electron chi connectivity index (χ2n) is 8.48. The summed E-state index contributed by atoms with van der Waals surface area (Å²) in [5, 5.41) is 10.5. The van der Waals surface area contributed by atoms with E-state index in [-0.39, 0.29) is 11.2 Å². The van der Waals surface area contributed by atoms with Crippen molar-refractivity contribution in [3.63, 3.8) is 0 Å². The zero-order valence-corrected chi connectivity index (χ0v) is 16.7. The molecule has 27 heavy (non-hydrogen) atoms. The summed E-state index contributed by atoms with van der Waals surface area (Å²) < 4.78 is 13.1. The molecule has 1 aliphatic heterocycles. The normalized spacial score (nSPS) is 17.1. The van der Waals surface area contributed by atoms with Gasteiger partial charge in [0.05, 0.1) is 6.10 Å². The van der Waals surface area contributed by atoms with Crippen LogP contribution in [0.15, 0.2) is 48.5 Å². The van der Waals surface area contributed by atoms with Crippen LogP contribution in [-0.2, 0) is 5.41 Å². The van der Waals surface area contributed by atoms with Crippen molar-refractivity contribution in [3.05, 3.63) is 65.5 Å². The topological polar surface area (TPSA) is 26.7 Å². The first-order valence-corrected chi connectivity index (χ1v) is 9.84. The molecule has 0 bridgehead atoms. The Hall–Kier alpha value is -1.91. The fourth-order valence-electron chi connectivity index (χ4n) is 3.56. The van der Waals surface area contributed by atoms with Gasteiger partial charge >= 0.3 is 0 Å². The average Bonchev–Trinajstić information content (AvgIpc) is 2.66. The molecule has 0 radical (unpaired) electrons. The lowest BCUT2D eigenvalue weighted by atomic mass is 9.86. The number of halogens is 1. The number of piperazine rings is 1. The minimum absolute atomic E-state index is 0.133. The highest BCUT2D eigenvalue weighted by molar-refractivity contribution is 5.46. The highest BCUT2D eigenvalue weighted by atomic mass is 19.1. The maximum Gasteiger partial charge on any atom is 0.123 e. The number of benzene rings is 2. The molecule has 1 aliphatic rings. The van der Waals surface area contributed by atoms with Crippen LogP contribution in [0.25, 0.3) is 0 Å². The number of aliphatic hydroxyl groups excluding tert-OH is 1. The van der Waals surface area contributed by atoms with Gasteiger partial charge in [-0.3, -0.25) is 4.90 Å². The summed E-state index contributed by atoms with van der Waals surface area (Å²) >= 11 is 0. The average molecular weight is 371 g/mol. The lowest BCUT2D eigenvalue weighted by Crippen LogP contribution is -2.46. The van der Waals surface area contributed by atoms with E-state index < -0.39 is 6.10 Å². The highest BCUT2D eigenvalue weighted by Gasteiger charge is 2.19. The molecule has 4 heteroatoms. The van der Waals surface area contributed by atoms with Gasteiger partial charge in [-0.25, -0.2) is 4.39 Å². The molecular formula is C23H31FN2O. The van der Waals surface area contributed by atoms with Crippen LogP contribution in [0, 0.1) is 5.82 Å². The van der Waals surface area contributed by atoms with Gasteiger partial charge in [-0.2, -0.15) is 0 Å².